The van der Waals surface area contributed by atoms with Gasteiger partial charge in [0.25, 0.3) is 0 Å². The Morgan fingerprint density at radius 3 is 2.81 bits per heavy atom. The molecule has 0 aliphatic rings. The molecule has 4 aromatic rings. The molecule has 0 amide bonds. The van der Waals surface area contributed by atoms with Gasteiger partial charge in [-0.1, -0.05) is 47.7 Å². The molecule has 2 aromatic heterocycles. The van der Waals surface area contributed by atoms with Crippen LogP contribution in [0.3, 0.4) is 0 Å². The van der Waals surface area contributed by atoms with Crippen LogP contribution in [0.25, 0.3) is 10.9 Å². The van der Waals surface area contributed by atoms with Gasteiger partial charge in [-0.05, 0) is 54.5 Å². The number of thioether (sulfide) groups is 1. The van der Waals surface area contributed by atoms with Crippen LogP contribution in [-0.4, -0.2) is 42.4 Å². The number of anilines is 2. The molecule has 37 heavy (non-hydrogen) atoms. The molecular formula is C24H21ClFN5O3S3. The summed E-state index contributed by atoms with van der Waals surface area (Å²) in [5.74, 6) is -0.571. The van der Waals surface area contributed by atoms with Crippen LogP contribution in [0, 0.1) is 9.77 Å². The summed E-state index contributed by atoms with van der Waals surface area (Å²) in [7, 11) is 0. The fourth-order valence-corrected chi connectivity index (χ4v) is 6.23. The molecule has 4 rings (SSSR count). The lowest BCUT2D eigenvalue weighted by Crippen LogP contribution is -2.22. The van der Waals surface area contributed by atoms with Gasteiger partial charge in [-0.2, -0.15) is 5.10 Å². The van der Waals surface area contributed by atoms with Gasteiger partial charge in [0.2, 0.25) is 0 Å². The number of aromatic nitrogens is 4. The van der Waals surface area contributed by atoms with Gasteiger partial charge in [-0.25, -0.2) is 19.0 Å². The van der Waals surface area contributed by atoms with Crippen molar-refractivity contribution in [3.8, 4) is 0 Å². The summed E-state index contributed by atoms with van der Waals surface area (Å²) in [6.45, 7) is 1.89. The van der Waals surface area contributed by atoms with E-state index < -0.39 is 17.8 Å². The minimum atomic E-state index is -0.877. The van der Waals surface area contributed by atoms with E-state index in [9.17, 15) is 14.0 Å². The van der Waals surface area contributed by atoms with Crippen LogP contribution < -0.4 is 5.32 Å². The Morgan fingerprint density at radius 1 is 1.27 bits per heavy atom. The highest BCUT2D eigenvalue weighted by molar-refractivity contribution is 8.01. The lowest BCUT2D eigenvalue weighted by Gasteiger charge is -2.15. The summed E-state index contributed by atoms with van der Waals surface area (Å²) < 4.78 is 16.2. The van der Waals surface area contributed by atoms with Gasteiger partial charge in [0.05, 0.1) is 17.0 Å². The predicted molar refractivity (Wildman–Crippen MR) is 146 cm³/mol. The normalized spacial score (nSPS) is 12.0. The Labute approximate surface area is 229 Å². The third kappa shape index (κ3) is 6.69. The van der Waals surface area contributed by atoms with Crippen molar-refractivity contribution in [1.82, 2.24) is 19.7 Å². The number of benzene rings is 2. The monoisotopic (exact) mass is 577 g/mol. The van der Waals surface area contributed by atoms with Crippen LogP contribution >= 0.6 is 46.9 Å². The third-order valence-corrected chi connectivity index (χ3v) is 8.09. The van der Waals surface area contributed by atoms with Crippen LogP contribution in [0.4, 0.5) is 15.9 Å². The molecule has 0 spiro atoms. The fourth-order valence-electron chi connectivity index (χ4n) is 3.63. The predicted octanol–water partition coefficient (Wildman–Crippen LogP) is 6.48. The summed E-state index contributed by atoms with van der Waals surface area (Å²) in [6, 6.07) is 9.25. The number of carboxylic acid groups (broad SMARTS) is 1. The summed E-state index contributed by atoms with van der Waals surface area (Å²) in [5, 5.41) is 17.1. The SMILES string of the molecule is CCC(C(=O)Cc1ccc2ncnc(Nc3ccc(F)c(Cl)c3)c2c1)n1nc(SCCC(=O)O)sc1=S. The zero-order chi connectivity index (χ0) is 26.5. The van der Waals surface area contributed by atoms with E-state index in [-0.39, 0.29) is 23.6 Å². The molecule has 1 unspecified atom stereocenters. The Hall–Kier alpha value is -2.93. The van der Waals surface area contributed by atoms with Crippen LogP contribution in [0.2, 0.25) is 5.02 Å². The summed E-state index contributed by atoms with van der Waals surface area (Å²) in [5.41, 5.74) is 2.01. The number of rotatable bonds is 11. The Kier molecular flexibility index (Phi) is 8.85. The van der Waals surface area contributed by atoms with E-state index in [1.54, 1.807) is 10.7 Å². The molecule has 2 aromatic carbocycles. The quantitative estimate of drug-likeness (QED) is 0.153. The maximum absolute atomic E-state index is 13.5. The number of nitrogens with zero attached hydrogens (tertiary/aromatic N) is 4. The van der Waals surface area contributed by atoms with Crippen molar-refractivity contribution in [2.75, 3.05) is 11.1 Å². The molecule has 192 valence electrons. The molecule has 0 bridgehead atoms. The molecule has 0 radical (unpaired) electrons. The summed E-state index contributed by atoms with van der Waals surface area (Å²) in [4.78, 5) is 32.7. The number of hydrogen-bond donors (Lipinski definition) is 2. The molecule has 2 heterocycles. The molecular weight excluding hydrogens is 557 g/mol. The van der Waals surface area contributed by atoms with E-state index in [0.717, 1.165) is 5.56 Å². The van der Waals surface area contributed by atoms with Crippen molar-refractivity contribution in [3.63, 3.8) is 0 Å². The van der Waals surface area contributed by atoms with Crippen molar-refractivity contribution in [2.24, 2.45) is 0 Å². The average molecular weight is 578 g/mol. The van der Waals surface area contributed by atoms with Crippen molar-refractivity contribution in [2.45, 2.75) is 36.6 Å². The van der Waals surface area contributed by atoms with Crippen molar-refractivity contribution in [3.05, 3.63) is 63.1 Å². The van der Waals surface area contributed by atoms with Crippen LogP contribution in [0.1, 0.15) is 31.4 Å². The molecule has 0 aliphatic heterocycles. The second kappa shape index (κ2) is 12.1. The van der Waals surface area contributed by atoms with Gasteiger partial charge in [0.1, 0.15) is 24.0 Å². The van der Waals surface area contributed by atoms with E-state index >= 15 is 0 Å². The number of ketones is 1. The van der Waals surface area contributed by atoms with E-state index in [0.29, 0.717) is 42.9 Å². The largest absolute Gasteiger partial charge is 0.481 e. The lowest BCUT2D eigenvalue weighted by atomic mass is 10.0. The molecule has 1 atom stereocenters. The van der Waals surface area contributed by atoms with Crippen molar-refractivity contribution in [1.29, 1.82) is 0 Å². The van der Waals surface area contributed by atoms with Gasteiger partial charge in [-0.15, -0.1) is 0 Å². The number of carbonyl (C=O) groups is 2. The lowest BCUT2D eigenvalue weighted by molar-refractivity contribution is -0.136. The number of aliphatic carboxylic acids is 1. The highest BCUT2D eigenvalue weighted by atomic mass is 35.5. The van der Waals surface area contributed by atoms with Gasteiger partial charge in [0, 0.05) is 23.2 Å². The first-order chi connectivity index (χ1) is 17.7. The second-order valence-electron chi connectivity index (χ2n) is 7.97. The minimum Gasteiger partial charge on any atom is -0.481 e. The number of carbonyl (C=O) groups excluding carboxylic acids is 1. The highest BCUT2D eigenvalue weighted by Crippen LogP contribution is 2.29. The third-order valence-electron chi connectivity index (χ3n) is 5.41. The first-order valence-electron chi connectivity index (χ1n) is 11.2. The minimum absolute atomic E-state index is 0.00986. The molecule has 0 fully saturated rings. The van der Waals surface area contributed by atoms with Crippen molar-refractivity contribution < 1.29 is 19.1 Å². The van der Waals surface area contributed by atoms with E-state index in [1.807, 2.05) is 25.1 Å². The second-order valence-corrected chi connectivity index (χ2v) is 11.3. The summed E-state index contributed by atoms with van der Waals surface area (Å²) in [6.07, 6.45) is 2.09. The molecule has 13 heteroatoms. The zero-order valence-electron chi connectivity index (χ0n) is 19.5. The van der Waals surface area contributed by atoms with Crippen LogP contribution in [0.15, 0.2) is 47.1 Å². The first-order valence-corrected chi connectivity index (χ1v) is 13.8. The Bertz CT molecular complexity index is 1530. The van der Waals surface area contributed by atoms with E-state index in [1.165, 1.54) is 41.6 Å². The summed E-state index contributed by atoms with van der Waals surface area (Å²) >= 11 is 13.9. The number of hydrogen-bond acceptors (Lipinski definition) is 9. The zero-order valence-corrected chi connectivity index (χ0v) is 22.7. The Balaban J connectivity index is 1.54. The number of Topliss-reactive ketones (excluding diaryl/α,β-unsaturated/α-hetero) is 1. The van der Waals surface area contributed by atoms with Crippen molar-refractivity contribution >= 4 is 81.1 Å². The van der Waals surface area contributed by atoms with Gasteiger partial charge in [-0.3, -0.25) is 9.59 Å². The smallest absolute Gasteiger partial charge is 0.304 e. The van der Waals surface area contributed by atoms with E-state index in [4.69, 9.17) is 28.9 Å². The first kappa shape index (κ1) is 27.1. The fraction of sp³-hybridized carbons (Fsp3) is 0.250. The highest BCUT2D eigenvalue weighted by Gasteiger charge is 2.22. The maximum atomic E-state index is 13.5. The maximum Gasteiger partial charge on any atom is 0.304 e. The molecule has 2 N–H and O–H groups in total. The standard InChI is InChI=1S/C24H21ClFN5O3S3/c1-2-19(31-24(35)37-23(30-31)36-8-7-21(33)34)20(32)10-13-3-6-18-15(9-13)22(28-12-27-18)29-14-4-5-17(26)16(25)11-14/h3-6,9,11-12,19H,2,7-8,10H2,1H3,(H,33,34)(H,27,28,29). The number of fused-ring (bicyclic) bond motifs is 1. The molecule has 0 saturated carbocycles. The van der Waals surface area contributed by atoms with Gasteiger partial charge < -0.3 is 10.4 Å². The van der Waals surface area contributed by atoms with E-state index in [2.05, 4.69) is 20.4 Å². The number of nitrogens with one attached hydrogen (secondary N) is 1. The van der Waals surface area contributed by atoms with Crippen LogP contribution in [-0.2, 0) is 16.0 Å². The molecule has 8 nitrogen and oxygen atoms in total. The number of halogens is 2. The Morgan fingerprint density at radius 2 is 2.08 bits per heavy atom. The average Bonchev–Trinajstić information content (AvgIpc) is 3.22. The van der Waals surface area contributed by atoms with Gasteiger partial charge in [0.15, 0.2) is 14.1 Å². The topological polar surface area (TPSA) is 110 Å². The molecule has 0 aliphatic carbocycles. The molecule has 0 saturated heterocycles. The van der Waals surface area contributed by atoms with Crippen LogP contribution in [0.5, 0.6) is 0 Å². The van der Waals surface area contributed by atoms with Gasteiger partial charge >= 0.3 is 5.97 Å². The number of carboxylic acids is 1.